The van der Waals surface area contributed by atoms with Gasteiger partial charge in [-0.25, -0.2) is 0 Å². The molecule has 0 N–H and O–H groups in total. The quantitative estimate of drug-likeness (QED) is 0.528. The van der Waals surface area contributed by atoms with Crippen LogP contribution in [0.4, 0.5) is 0 Å². The Balaban J connectivity index is 1.86. The first-order valence-corrected chi connectivity index (χ1v) is 6.09. The van der Waals surface area contributed by atoms with Crippen molar-refractivity contribution < 1.29 is 0 Å². The van der Waals surface area contributed by atoms with E-state index in [0.29, 0.717) is 0 Å². The molecular formula is C13H20. The van der Waals surface area contributed by atoms with Crippen LogP contribution in [0.5, 0.6) is 0 Å². The maximum atomic E-state index is 2.59. The third kappa shape index (κ3) is 1.18. The van der Waals surface area contributed by atoms with E-state index in [0.717, 1.165) is 11.3 Å². The first-order chi connectivity index (χ1) is 6.39. The van der Waals surface area contributed by atoms with Gasteiger partial charge in [-0.05, 0) is 69.1 Å². The van der Waals surface area contributed by atoms with Gasteiger partial charge in [0.1, 0.15) is 0 Å². The lowest BCUT2D eigenvalue weighted by Gasteiger charge is -2.32. The van der Waals surface area contributed by atoms with Crippen molar-refractivity contribution in [3.05, 3.63) is 11.6 Å². The number of hydrogen-bond acceptors (Lipinski definition) is 0. The number of allylic oxidation sites excluding steroid dienone is 2. The molecule has 2 bridgehead atoms. The van der Waals surface area contributed by atoms with E-state index >= 15 is 0 Å². The summed E-state index contributed by atoms with van der Waals surface area (Å²) < 4.78 is 0. The van der Waals surface area contributed by atoms with Crippen molar-refractivity contribution in [2.24, 2.45) is 11.3 Å². The maximum absolute atomic E-state index is 2.59. The van der Waals surface area contributed by atoms with Gasteiger partial charge in [0.05, 0.1) is 0 Å². The minimum Gasteiger partial charge on any atom is -0.0848 e. The summed E-state index contributed by atoms with van der Waals surface area (Å²) in [6.45, 7) is 0. The standard InChI is InChI=1S/C13H20/c1-2-4-12(5-3-1)13-8-6-11(10-13)7-9-13/h4,11H,1-3,5-10H2. The Morgan fingerprint density at radius 2 is 2.00 bits per heavy atom. The second-order valence-electron chi connectivity index (χ2n) is 5.40. The second kappa shape index (κ2) is 2.87. The highest BCUT2D eigenvalue weighted by atomic mass is 14.5. The van der Waals surface area contributed by atoms with Crippen LogP contribution in [-0.4, -0.2) is 0 Å². The highest BCUT2D eigenvalue weighted by molar-refractivity contribution is 5.21. The summed E-state index contributed by atoms with van der Waals surface area (Å²) in [5, 5.41) is 0. The zero-order chi connectivity index (χ0) is 8.73. The van der Waals surface area contributed by atoms with Gasteiger partial charge in [-0.3, -0.25) is 0 Å². The van der Waals surface area contributed by atoms with Crippen molar-refractivity contribution in [3.8, 4) is 0 Å². The van der Waals surface area contributed by atoms with Crippen molar-refractivity contribution in [1.29, 1.82) is 0 Å². The molecule has 0 aromatic carbocycles. The molecular weight excluding hydrogens is 156 g/mol. The van der Waals surface area contributed by atoms with Crippen LogP contribution in [0, 0.1) is 11.3 Å². The minimum absolute atomic E-state index is 0.741. The molecule has 0 heteroatoms. The maximum Gasteiger partial charge on any atom is -0.00853 e. The van der Waals surface area contributed by atoms with E-state index in [9.17, 15) is 0 Å². The summed E-state index contributed by atoms with van der Waals surface area (Å²) in [5.74, 6) is 1.11. The summed E-state index contributed by atoms with van der Waals surface area (Å²) in [7, 11) is 0. The van der Waals surface area contributed by atoms with E-state index in [4.69, 9.17) is 0 Å². The van der Waals surface area contributed by atoms with E-state index in [1.165, 1.54) is 51.4 Å². The number of fused-ring (bicyclic) bond motifs is 2. The third-order valence-corrected chi connectivity index (χ3v) is 4.71. The third-order valence-electron chi connectivity index (χ3n) is 4.71. The van der Waals surface area contributed by atoms with E-state index in [1.54, 1.807) is 6.42 Å². The lowest BCUT2D eigenvalue weighted by Crippen LogP contribution is -2.18. The summed E-state index contributed by atoms with van der Waals surface area (Å²) in [5.41, 5.74) is 2.62. The van der Waals surface area contributed by atoms with Gasteiger partial charge >= 0.3 is 0 Å². The van der Waals surface area contributed by atoms with Gasteiger partial charge in [0, 0.05) is 0 Å². The summed E-state index contributed by atoms with van der Waals surface area (Å²) in [4.78, 5) is 0. The highest BCUT2D eigenvalue weighted by Gasteiger charge is 2.46. The fourth-order valence-corrected chi connectivity index (χ4v) is 3.96. The van der Waals surface area contributed by atoms with Gasteiger partial charge in [0.2, 0.25) is 0 Å². The summed E-state index contributed by atoms with van der Waals surface area (Å²) in [6, 6.07) is 0. The predicted octanol–water partition coefficient (Wildman–Crippen LogP) is 4.07. The summed E-state index contributed by atoms with van der Waals surface area (Å²) >= 11 is 0. The van der Waals surface area contributed by atoms with Crippen LogP contribution in [0.3, 0.4) is 0 Å². The van der Waals surface area contributed by atoms with Crippen molar-refractivity contribution in [1.82, 2.24) is 0 Å². The molecule has 0 unspecified atom stereocenters. The van der Waals surface area contributed by atoms with E-state index < -0.39 is 0 Å². The molecule has 0 heterocycles. The van der Waals surface area contributed by atoms with Crippen molar-refractivity contribution in [2.45, 2.75) is 57.8 Å². The number of hydrogen-bond donors (Lipinski definition) is 0. The molecule has 0 aromatic heterocycles. The van der Waals surface area contributed by atoms with Crippen molar-refractivity contribution >= 4 is 0 Å². The molecule has 0 saturated heterocycles. The average molecular weight is 176 g/mol. The lowest BCUT2D eigenvalue weighted by atomic mass is 9.73. The Kier molecular flexibility index (Phi) is 1.78. The van der Waals surface area contributed by atoms with E-state index in [1.807, 2.05) is 5.57 Å². The lowest BCUT2D eigenvalue weighted by molar-refractivity contribution is 0.340. The average Bonchev–Trinajstić information content (AvgIpc) is 2.80. The molecule has 2 saturated carbocycles. The highest BCUT2D eigenvalue weighted by Crippen LogP contribution is 2.59. The van der Waals surface area contributed by atoms with Crippen LogP contribution < -0.4 is 0 Å². The van der Waals surface area contributed by atoms with E-state index in [-0.39, 0.29) is 0 Å². The Morgan fingerprint density at radius 1 is 1.15 bits per heavy atom. The SMILES string of the molecule is C1=C(C23CCC(CC2)C3)CCCC1. The van der Waals surface area contributed by atoms with Gasteiger partial charge in [0.25, 0.3) is 0 Å². The molecule has 0 spiro atoms. The molecule has 0 nitrogen and oxygen atoms in total. The fourth-order valence-electron chi connectivity index (χ4n) is 3.96. The van der Waals surface area contributed by atoms with Crippen LogP contribution in [0.2, 0.25) is 0 Å². The van der Waals surface area contributed by atoms with Gasteiger partial charge in [-0.1, -0.05) is 11.6 Å². The van der Waals surface area contributed by atoms with E-state index in [2.05, 4.69) is 6.08 Å². The summed E-state index contributed by atoms with van der Waals surface area (Å²) in [6.07, 6.45) is 16.0. The largest absolute Gasteiger partial charge is 0.0848 e. The van der Waals surface area contributed by atoms with Crippen LogP contribution in [0.15, 0.2) is 11.6 Å². The smallest absolute Gasteiger partial charge is 0.00853 e. The molecule has 0 aliphatic heterocycles. The Labute approximate surface area is 81.4 Å². The molecule has 13 heavy (non-hydrogen) atoms. The molecule has 3 rings (SSSR count). The molecule has 72 valence electrons. The predicted molar refractivity (Wildman–Crippen MR) is 55.6 cm³/mol. The van der Waals surface area contributed by atoms with Gasteiger partial charge in [0.15, 0.2) is 0 Å². The topological polar surface area (TPSA) is 0 Å². The number of rotatable bonds is 1. The van der Waals surface area contributed by atoms with Gasteiger partial charge in [-0.15, -0.1) is 0 Å². The molecule has 0 atom stereocenters. The van der Waals surface area contributed by atoms with Crippen LogP contribution >= 0.6 is 0 Å². The Hall–Kier alpha value is -0.260. The van der Waals surface area contributed by atoms with Gasteiger partial charge in [-0.2, -0.15) is 0 Å². The second-order valence-corrected chi connectivity index (χ2v) is 5.40. The molecule has 3 aliphatic carbocycles. The van der Waals surface area contributed by atoms with Crippen LogP contribution in [0.1, 0.15) is 57.8 Å². The Morgan fingerprint density at radius 3 is 2.54 bits per heavy atom. The van der Waals surface area contributed by atoms with Crippen LogP contribution in [-0.2, 0) is 0 Å². The zero-order valence-electron chi connectivity index (χ0n) is 8.52. The Bertz CT molecular complexity index is 228. The molecule has 2 fully saturated rings. The minimum atomic E-state index is 0.741. The first-order valence-electron chi connectivity index (χ1n) is 6.09. The molecule has 0 amide bonds. The molecule has 0 aromatic rings. The normalized spacial score (nSPS) is 43.7. The fraction of sp³-hybridized carbons (Fsp3) is 0.846. The van der Waals surface area contributed by atoms with Crippen molar-refractivity contribution in [2.75, 3.05) is 0 Å². The molecule has 3 aliphatic rings. The first kappa shape index (κ1) is 8.08. The van der Waals surface area contributed by atoms with Gasteiger partial charge < -0.3 is 0 Å². The van der Waals surface area contributed by atoms with Crippen LogP contribution in [0.25, 0.3) is 0 Å². The molecule has 0 radical (unpaired) electrons. The monoisotopic (exact) mass is 176 g/mol. The zero-order valence-corrected chi connectivity index (χ0v) is 8.52. The van der Waals surface area contributed by atoms with Crippen molar-refractivity contribution in [3.63, 3.8) is 0 Å².